The van der Waals surface area contributed by atoms with Gasteiger partial charge in [0.2, 0.25) is 6.04 Å². The maximum atomic E-state index is 11.7. The second-order valence-corrected chi connectivity index (χ2v) is 3.68. The van der Waals surface area contributed by atoms with E-state index < -0.39 is 6.04 Å². The molecule has 86 valence electrons. The number of Topliss-reactive ketones (excluding diaryl/α,β-unsaturated/α-hetero) is 1. The van der Waals surface area contributed by atoms with Crippen molar-refractivity contribution in [3.05, 3.63) is 46.0 Å². The molecule has 0 saturated heterocycles. The van der Waals surface area contributed by atoms with Gasteiger partial charge in [-0.3, -0.25) is 14.9 Å². The molecule has 0 aliphatic heterocycles. The fourth-order valence-electron chi connectivity index (χ4n) is 1.52. The Bertz CT molecular complexity index is 362. The number of rotatable bonds is 6. The molecule has 0 saturated carbocycles. The number of benzene rings is 1. The Hall–Kier alpha value is -1.71. The molecular formula is C12H15NO3. The molecule has 0 aromatic heterocycles. The highest BCUT2D eigenvalue weighted by molar-refractivity contribution is 5.95. The molecule has 1 atom stereocenters. The van der Waals surface area contributed by atoms with E-state index >= 15 is 0 Å². The van der Waals surface area contributed by atoms with Crippen molar-refractivity contribution in [1.29, 1.82) is 0 Å². The van der Waals surface area contributed by atoms with Gasteiger partial charge in [-0.25, -0.2) is 0 Å². The Morgan fingerprint density at radius 3 is 2.50 bits per heavy atom. The molecule has 0 aliphatic rings. The number of carbonyl (C=O) groups excluding carboxylic acids is 1. The van der Waals surface area contributed by atoms with Crippen LogP contribution in [0.15, 0.2) is 30.3 Å². The lowest BCUT2D eigenvalue weighted by Crippen LogP contribution is -2.19. The SMILES string of the molecule is CC[C@@H](CCC(=O)c1ccccc1)[N+](=O)[O-]. The Morgan fingerprint density at radius 1 is 1.38 bits per heavy atom. The molecule has 4 nitrogen and oxygen atoms in total. The topological polar surface area (TPSA) is 60.2 Å². The number of ketones is 1. The molecule has 0 heterocycles. The predicted octanol–water partition coefficient (Wildman–Crippen LogP) is 2.70. The van der Waals surface area contributed by atoms with Crippen molar-refractivity contribution in [1.82, 2.24) is 0 Å². The third kappa shape index (κ3) is 3.46. The predicted molar refractivity (Wildman–Crippen MR) is 61.1 cm³/mol. The van der Waals surface area contributed by atoms with Crippen LogP contribution in [0.4, 0.5) is 0 Å². The molecule has 1 rings (SSSR count). The summed E-state index contributed by atoms with van der Waals surface area (Å²) in [4.78, 5) is 21.9. The van der Waals surface area contributed by atoms with Gasteiger partial charge in [0.1, 0.15) is 0 Å². The Morgan fingerprint density at radius 2 is 2.00 bits per heavy atom. The van der Waals surface area contributed by atoms with Crippen LogP contribution in [0.2, 0.25) is 0 Å². The van der Waals surface area contributed by atoms with Crippen molar-refractivity contribution >= 4 is 5.78 Å². The van der Waals surface area contributed by atoms with Crippen molar-refractivity contribution in [3.8, 4) is 0 Å². The molecule has 0 spiro atoms. The molecule has 0 bridgehead atoms. The third-order valence-electron chi connectivity index (χ3n) is 2.57. The van der Waals surface area contributed by atoms with Crippen LogP contribution >= 0.6 is 0 Å². The maximum Gasteiger partial charge on any atom is 0.213 e. The monoisotopic (exact) mass is 221 g/mol. The second kappa shape index (κ2) is 6.00. The minimum atomic E-state index is -0.604. The van der Waals surface area contributed by atoms with Gasteiger partial charge in [-0.05, 0) is 0 Å². The Balaban J connectivity index is 2.50. The number of nitrogens with zero attached hydrogens (tertiary/aromatic N) is 1. The number of hydrogen-bond donors (Lipinski definition) is 0. The van der Waals surface area contributed by atoms with E-state index in [1.165, 1.54) is 0 Å². The van der Waals surface area contributed by atoms with Crippen molar-refractivity contribution in [2.75, 3.05) is 0 Å². The number of hydrogen-bond acceptors (Lipinski definition) is 3. The first-order chi connectivity index (χ1) is 7.65. The van der Waals surface area contributed by atoms with E-state index in [2.05, 4.69) is 0 Å². The molecule has 0 aliphatic carbocycles. The molecule has 0 radical (unpaired) electrons. The van der Waals surface area contributed by atoms with E-state index in [4.69, 9.17) is 0 Å². The first-order valence-electron chi connectivity index (χ1n) is 5.37. The van der Waals surface area contributed by atoms with Crippen LogP contribution < -0.4 is 0 Å². The lowest BCUT2D eigenvalue weighted by molar-refractivity contribution is -0.523. The summed E-state index contributed by atoms with van der Waals surface area (Å²) in [5, 5.41) is 10.6. The molecular weight excluding hydrogens is 206 g/mol. The number of nitro groups is 1. The lowest BCUT2D eigenvalue weighted by atomic mass is 10.0. The quantitative estimate of drug-likeness (QED) is 0.421. The first kappa shape index (κ1) is 12.4. The zero-order chi connectivity index (χ0) is 12.0. The minimum absolute atomic E-state index is 0.0269. The van der Waals surface area contributed by atoms with Gasteiger partial charge in [0.25, 0.3) is 0 Å². The fraction of sp³-hybridized carbons (Fsp3) is 0.417. The zero-order valence-electron chi connectivity index (χ0n) is 9.26. The van der Waals surface area contributed by atoms with Gasteiger partial charge in [0, 0.05) is 29.7 Å². The van der Waals surface area contributed by atoms with Crippen molar-refractivity contribution in [3.63, 3.8) is 0 Å². The maximum absolute atomic E-state index is 11.7. The van der Waals surface area contributed by atoms with E-state index in [0.29, 0.717) is 18.4 Å². The molecule has 1 aromatic rings. The summed E-state index contributed by atoms with van der Waals surface area (Å²) in [6.45, 7) is 1.76. The molecule has 0 amide bonds. The third-order valence-corrected chi connectivity index (χ3v) is 2.57. The van der Waals surface area contributed by atoms with Crippen LogP contribution in [0.1, 0.15) is 36.5 Å². The molecule has 16 heavy (non-hydrogen) atoms. The van der Waals surface area contributed by atoms with Gasteiger partial charge < -0.3 is 0 Å². The average Bonchev–Trinajstić information content (AvgIpc) is 2.30. The zero-order valence-corrected chi connectivity index (χ0v) is 9.26. The van der Waals surface area contributed by atoms with E-state index in [1.807, 2.05) is 6.07 Å². The summed E-state index contributed by atoms with van der Waals surface area (Å²) in [7, 11) is 0. The van der Waals surface area contributed by atoms with Gasteiger partial charge in [-0.15, -0.1) is 0 Å². The Labute approximate surface area is 94.4 Å². The van der Waals surface area contributed by atoms with Crippen molar-refractivity contribution < 1.29 is 9.72 Å². The Kier molecular flexibility index (Phi) is 4.64. The molecule has 4 heteroatoms. The van der Waals surface area contributed by atoms with E-state index in [9.17, 15) is 14.9 Å². The normalized spacial score (nSPS) is 12.1. The highest BCUT2D eigenvalue weighted by atomic mass is 16.6. The van der Waals surface area contributed by atoms with E-state index in [-0.39, 0.29) is 17.1 Å². The van der Waals surface area contributed by atoms with Gasteiger partial charge in [-0.1, -0.05) is 37.3 Å². The molecule has 0 unspecified atom stereocenters. The van der Waals surface area contributed by atoms with Gasteiger partial charge >= 0.3 is 0 Å². The molecule has 0 fully saturated rings. The van der Waals surface area contributed by atoms with Crippen molar-refractivity contribution in [2.24, 2.45) is 0 Å². The minimum Gasteiger partial charge on any atom is -0.294 e. The van der Waals surface area contributed by atoms with Crippen LogP contribution in [0.5, 0.6) is 0 Å². The standard InChI is InChI=1S/C12H15NO3/c1-2-11(13(15)16)8-9-12(14)10-6-4-3-5-7-10/h3-7,11H,2,8-9H2,1H3/t11-/m0/s1. The first-order valence-corrected chi connectivity index (χ1v) is 5.37. The van der Waals surface area contributed by atoms with E-state index in [1.54, 1.807) is 31.2 Å². The largest absolute Gasteiger partial charge is 0.294 e. The fourth-order valence-corrected chi connectivity index (χ4v) is 1.52. The molecule has 0 N–H and O–H groups in total. The summed E-state index contributed by atoms with van der Waals surface area (Å²) in [6.07, 6.45) is 1.02. The highest BCUT2D eigenvalue weighted by Gasteiger charge is 2.18. The smallest absolute Gasteiger partial charge is 0.213 e. The van der Waals surface area contributed by atoms with Crippen molar-refractivity contribution in [2.45, 2.75) is 32.2 Å². The summed E-state index contributed by atoms with van der Waals surface area (Å²) >= 11 is 0. The lowest BCUT2D eigenvalue weighted by Gasteiger charge is -2.05. The second-order valence-electron chi connectivity index (χ2n) is 3.68. The average molecular weight is 221 g/mol. The van der Waals surface area contributed by atoms with Crippen LogP contribution in [0, 0.1) is 10.1 Å². The summed E-state index contributed by atoms with van der Waals surface area (Å²) in [5.41, 5.74) is 0.626. The van der Waals surface area contributed by atoms with Crippen LogP contribution in [0.25, 0.3) is 0 Å². The summed E-state index contributed by atoms with van der Waals surface area (Å²) in [6, 6.07) is 8.27. The van der Waals surface area contributed by atoms with Crippen LogP contribution in [-0.4, -0.2) is 16.7 Å². The summed E-state index contributed by atoms with van der Waals surface area (Å²) < 4.78 is 0. The van der Waals surface area contributed by atoms with Crippen LogP contribution in [-0.2, 0) is 0 Å². The van der Waals surface area contributed by atoms with Gasteiger partial charge in [0.05, 0.1) is 0 Å². The van der Waals surface area contributed by atoms with Gasteiger partial charge in [-0.2, -0.15) is 0 Å². The summed E-state index contributed by atoms with van der Waals surface area (Å²) in [5.74, 6) is -0.0269. The molecule has 1 aromatic carbocycles. The van der Waals surface area contributed by atoms with Crippen LogP contribution in [0.3, 0.4) is 0 Å². The number of carbonyl (C=O) groups is 1. The van der Waals surface area contributed by atoms with E-state index in [0.717, 1.165) is 0 Å². The highest BCUT2D eigenvalue weighted by Crippen LogP contribution is 2.10. The van der Waals surface area contributed by atoms with Gasteiger partial charge in [0.15, 0.2) is 5.78 Å².